The molecule has 2 heterocycles. The smallest absolute Gasteiger partial charge is 0.150 e. The van der Waals surface area contributed by atoms with Crippen LogP contribution in [-0.2, 0) is 16.4 Å². The second kappa shape index (κ2) is 5.59. The van der Waals surface area contributed by atoms with Crippen molar-refractivity contribution in [1.29, 1.82) is 0 Å². The summed E-state index contributed by atoms with van der Waals surface area (Å²) in [4.78, 5) is 0. The summed E-state index contributed by atoms with van der Waals surface area (Å²) in [5.41, 5.74) is 0. The lowest BCUT2D eigenvalue weighted by atomic mass is 10.1. The van der Waals surface area contributed by atoms with Gasteiger partial charge in [0.15, 0.2) is 0 Å². The first kappa shape index (κ1) is 12.5. The van der Waals surface area contributed by atoms with E-state index in [1.54, 1.807) is 10.9 Å². The molecule has 0 aliphatic carbocycles. The van der Waals surface area contributed by atoms with Gasteiger partial charge < -0.3 is 5.32 Å². The summed E-state index contributed by atoms with van der Waals surface area (Å²) in [6.45, 7) is 1.74. The van der Waals surface area contributed by atoms with Crippen LogP contribution >= 0.6 is 0 Å². The molecule has 17 heavy (non-hydrogen) atoms. The normalized spacial score (nSPS) is 20.5. The number of rotatable bonds is 5. The van der Waals surface area contributed by atoms with Crippen LogP contribution in [0.2, 0.25) is 0 Å². The maximum Gasteiger partial charge on any atom is 0.150 e. The molecule has 0 aromatic carbocycles. The largest absolute Gasteiger partial charge is 0.314 e. The fraction of sp³-hybridized carbons (Fsp3) is 0.800. The molecule has 0 spiro atoms. The monoisotopic (exact) mass is 258 g/mol. The fourth-order valence-electron chi connectivity index (χ4n) is 1.99. The topological polar surface area (TPSA) is 76.9 Å². The molecule has 1 saturated heterocycles. The van der Waals surface area contributed by atoms with Crippen LogP contribution in [0.3, 0.4) is 0 Å². The van der Waals surface area contributed by atoms with Crippen molar-refractivity contribution in [3.05, 3.63) is 12.4 Å². The van der Waals surface area contributed by atoms with E-state index in [4.69, 9.17) is 0 Å². The first-order chi connectivity index (χ1) is 8.16. The highest BCUT2D eigenvalue weighted by Gasteiger charge is 2.22. The van der Waals surface area contributed by atoms with Crippen molar-refractivity contribution in [1.82, 2.24) is 20.3 Å². The summed E-state index contributed by atoms with van der Waals surface area (Å²) in [6.07, 6.45) is 5.97. The Hall–Kier alpha value is -0.950. The van der Waals surface area contributed by atoms with Gasteiger partial charge in [0.2, 0.25) is 0 Å². The van der Waals surface area contributed by atoms with Gasteiger partial charge in [-0.1, -0.05) is 5.21 Å². The third-order valence-corrected chi connectivity index (χ3v) is 4.74. The second-order valence-electron chi connectivity index (χ2n) is 4.40. The van der Waals surface area contributed by atoms with Crippen LogP contribution in [0.15, 0.2) is 12.4 Å². The Labute approximate surface area is 101 Å². The molecule has 0 unspecified atom stereocenters. The minimum absolute atomic E-state index is 0.327. The highest BCUT2D eigenvalue weighted by molar-refractivity contribution is 7.91. The number of hydrogen-bond acceptors (Lipinski definition) is 5. The molecule has 0 radical (unpaired) electrons. The predicted octanol–water partition coefficient (Wildman–Crippen LogP) is -0.165. The molecule has 1 aromatic rings. The summed E-state index contributed by atoms with van der Waals surface area (Å²) in [5.74, 6) is 0.654. The quantitative estimate of drug-likeness (QED) is 0.742. The lowest BCUT2D eigenvalue weighted by Gasteiger charge is -2.23. The first-order valence-corrected chi connectivity index (χ1v) is 7.76. The lowest BCUT2D eigenvalue weighted by Crippen LogP contribution is -2.38. The van der Waals surface area contributed by atoms with Crippen LogP contribution in [0.4, 0.5) is 0 Å². The number of aryl methyl sites for hydroxylation is 1. The van der Waals surface area contributed by atoms with Gasteiger partial charge in [0.05, 0.1) is 17.7 Å². The zero-order valence-corrected chi connectivity index (χ0v) is 10.6. The Balaban J connectivity index is 1.60. The zero-order chi connectivity index (χ0) is 12.1. The van der Waals surface area contributed by atoms with Gasteiger partial charge in [-0.25, -0.2) is 8.42 Å². The number of nitrogens with zero attached hydrogens (tertiary/aromatic N) is 3. The van der Waals surface area contributed by atoms with Crippen molar-refractivity contribution < 1.29 is 8.42 Å². The van der Waals surface area contributed by atoms with Crippen molar-refractivity contribution in [2.45, 2.75) is 31.8 Å². The van der Waals surface area contributed by atoms with Crippen LogP contribution in [0.5, 0.6) is 0 Å². The molecule has 2 rings (SSSR count). The average molecular weight is 258 g/mol. The third-order valence-electron chi connectivity index (χ3n) is 3.02. The minimum atomic E-state index is -2.74. The van der Waals surface area contributed by atoms with Crippen LogP contribution < -0.4 is 5.32 Å². The molecule has 7 heteroatoms. The molecule has 0 bridgehead atoms. The third kappa shape index (κ3) is 4.08. The molecule has 1 aromatic heterocycles. The molecule has 6 nitrogen and oxygen atoms in total. The van der Waals surface area contributed by atoms with E-state index in [-0.39, 0.29) is 0 Å². The molecule has 0 atom stereocenters. The first-order valence-electron chi connectivity index (χ1n) is 5.94. The van der Waals surface area contributed by atoms with E-state index < -0.39 is 9.84 Å². The molecule has 1 N–H and O–H groups in total. The summed E-state index contributed by atoms with van der Waals surface area (Å²) in [6, 6.07) is 0.356. The molecular formula is C10H18N4O2S. The van der Waals surface area contributed by atoms with E-state index in [1.165, 1.54) is 0 Å². The van der Waals surface area contributed by atoms with E-state index >= 15 is 0 Å². The molecule has 1 fully saturated rings. The van der Waals surface area contributed by atoms with E-state index in [0.29, 0.717) is 17.5 Å². The van der Waals surface area contributed by atoms with Crippen molar-refractivity contribution in [2.24, 2.45) is 0 Å². The van der Waals surface area contributed by atoms with Gasteiger partial charge in [0.25, 0.3) is 0 Å². The maximum absolute atomic E-state index is 11.2. The maximum atomic E-state index is 11.2. The Morgan fingerprint density at radius 1 is 1.35 bits per heavy atom. The van der Waals surface area contributed by atoms with Crippen molar-refractivity contribution >= 4 is 9.84 Å². The SMILES string of the molecule is O=S1(=O)CCC(NCCCn2ccnn2)CC1. The van der Waals surface area contributed by atoms with E-state index in [2.05, 4.69) is 15.6 Å². The summed E-state index contributed by atoms with van der Waals surface area (Å²) in [7, 11) is -2.74. The van der Waals surface area contributed by atoms with Crippen LogP contribution in [0, 0.1) is 0 Å². The van der Waals surface area contributed by atoms with Gasteiger partial charge in [-0.15, -0.1) is 5.10 Å². The van der Waals surface area contributed by atoms with E-state index in [1.807, 2.05) is 6.20 Å². The highest BCUT2D eigenvalue weighted by Crippen LogP contribution is 2.11. The molecule has 0 saturated carbocycles. The number of sulfone groups is 1. The molecule has 1 aliphatic rings. The number of hydrogen-bond donors (Lipinski definition) is 1. The van der Waals surface area contributed by atoms with Gasteiger partial charge in [0, 0.05) is 18.8 Å². The number of aromatic nitrogens is 3. The van der Waals surface area contributed by atoms with Gasteiger partial charge >= 0.3 is 0 Å². The molecular weight excluding hydrogens is 240 g/mol. The standard InChI is InChI=1S/C10H18N4O2S/c15-17(16)8-2-10(3-9-17)11-4-1-6-14-7-5-12-13-14/h5,7,10-11H,1-4,6,8-9H2. The van der Waals surface area contributed by atoms with Gasteiger partial charge in [0.1, 0.15) is 9.84 Å². The Bertz CT molecular complexity index is 415. The molecule has 1 aliphatic heterocycles. The predicted molar refractivity (Wildman–Crippen MR) is 64.3 cm³/mol. The minimum Gasteiger partial charge on any atom is -0.314 e. The summed E-state index contributed by atoms with van der Waals surface area (Å²) < 4.78 is 24.3. The molecule has 0 amide bonds. The molecule has 96 valence electrons. The van der Waals surface area contributed by atoms with Crippen LogP contribution in [-0.4, -0.2) is 47.5 Å². The Morgan fingerprint density at radius 3 is 2.76 bits per heavy atom. The summed E-state index contributed by atoms with van der Waals surface area (Å²) in [5, 5.41) is 11.0. The van der Waals surface area contributed by atoms with Crippen molar-refractivity contribution in [2.75, 3.05) is 18.1 Å². The van der Waals surface area contributed by atoms with Gasteiger partial charge in [-0.2, -0.15) is 0 Å². The Kier molecular flexibility index (Phi) is 4.11. The van der Waals surface area contributed by atoms with E-state index in [0.717, 1.165) is 32.4 Å². The lowest BCUT2D eigenvalue weighted by molar-refractivity contribution is 0.442. The summed E-state index contributed by atoms with van der Waals surface area (Å²) >= 11 is 0. The van der Waals surface area contributed by atoms with Crippen molar-refractivity contribution in [3.8, 4) is 0 Å². The van der Waals surface area contributed by atoms with Crippen LogP contribution in [0.25, 0.3) is 0 Å². The average Bonchev–Trinajstić information content (AvgIpc) is 2.79. The van der Waals surface area contributed by atoms with Gasteiger partial charge in [-0.05, 0) is 25.8 Å². The number of nitrogens with one attached hydrogen (secondary N) is 1. The van der Waals surface area contributed by atoms with E-state index in [9.17, 15) is 8.42 Å². The zero-order valence-electron chi connectivity index (χ0n) is 9.75. The highest BCUT2D eigenvalue weighted by atomic mass is 32.2. The van der Waals surface area contributed by atoms with Crippen LogP contribution in [0.1, 0.15) is 19.3 Å². The fourth-order valence-corrected chi connectivity index (χ4v) is 3.48. The van der Waals surface area contributed by atoms with Gasteiger partial charge in [-0.3, -0.25) is 4.68 Å². The Morgan fingerprint density at radius 2 is 2.12 bits per heavy atom. The van der Waals surface area contributed by atoms with Crippen molar-refractivity contribution in [3.63, 3.8) is 0 Å². The second-order valence-corrected chi connectivity index (χ2v) is 6.70.